The second-order valence-corrected chi connectivity index (χ2v) is 6.71. The van der Waals surface area contributed by atoms with Gasteiger partial charge in [0.2, 0.25) is 0 Å². The summed E-state index contributed by atoms with van der Waals surface area (Å²) in [6, 6.07) is 4.17. The SMILES string of the molecule is CCOC1(C(=O)c2cc(C)c(C)cc2C)CCCC(C)C1. The number of aryl methyl sites for hydroxylation is 3. The van der Waals surface area contributed by atoms with Crippen molar-refractivity contribution >= 4 is 5.78 Å². The zero-order chi connectivity index (χ0) is 15.6. The number of Topliss-reactive ketones (excluding diaryl/α,β-unsaturated/α-hetero) is 1. The van der Waals surface area contributed by atoms with Gasteiger partial charge in [0.1, 0.15) is 5.60 Å². The predicted molar refractivity (Wildman–Crippen MR) is 87.0 cm³/mol. The average molecular weight is 288 g/mol. The van der Waals surface area contributed by atoms with Crippen LogP contribution in [0.1, 0.15) is 66.6 Å². The molecule has 0 N–H and O–H groups in total. The van der Waals surface area contributed by atoms with Gasteiger partial charge in [-0.25, -0.2) is 0 Å². The van der Waals surface area contributed by atoms with Gasteiger partial charge in [0.25, 0.3) is 0 Å². The lowest BCUT2D eigenvalue weighted by atomic mass is 9.74. The number of rotatable bonds is 4. The standard InChI is InChI=1S/C19H28O2/c1-6-21-19(9-7-8-13(2)12-19)18(20)17-11-15(4)14(3)10-16(17)5/h10-11,13H,6-9,12H2,1-5H3. The van der Waals surface area contributed by atoms with E-state index < -0.39 is 5.60 Å². The molecule has 116 valence electrons. The van der Waals surface area contributed by atoms with E-state index in [1.54, 1.807) is 0 Å². The van der Waals surface area contributed by atoms with Gasteiger partial charge in [0.15, 0.2) is 5.78 Å². The Kier molecular flexibility index (Phi) is 4.88. The summed E-state index contributed by atoms with van der Waals surface area (Å²) in [5, 5.41) is 0. The van der Waals surface area contributed by atoms with Crippen molar-refractivity contribution in [3.8, 4) is 0 Å². The van der Waals surface area contributed by atoms with E-state index in [4.69, 9.17) is 4.74 Å². The van der Waals surface area contributed by atoms with Crippen LogP contribution in [0.4, 0.5) is 0 Å². The van der Waals surface area contributed by atoms with E-state index in [0.29, 0.717) is 12.5 Å². The molecule has 0 heterocycles. The molecule has 0 spiro atoms. The molecule has 2 atom stereocenters. The molecule has 2 nitrogen and oxygen atoms in total. The topological polar surface area (TPSA) is 26.3 Å². The summed E-state index contributed by atoms with van der Waals surface area (Å²) in [4.78, 5) is 13.2. The monoisotopic (exact) mass is 288 g/mol. The minimum atomic E-state index is -0.598. The van der Waals surface area contributed by atoms with Crippen LogP contribution in [-0.4, -0.2) is 18.0 Å². The Bertz CT molecular complexity index is 529. The molecule has 2 rings (SSSR count). The lowest BCUT2D eigenvalue weighted by Crippen LogP contribution is -2.45. The van der Waals surface area contributed by atoms with Crippen molar-refractivity contribution < 1.29 is 9.53 Å². The Morgan fingerprint density at radius 1 is 1.24 bits per heavy atom. The van der Waals surface area contributed by atoms with Crippen LogP contribution in [0.2, 0.25) is 0 Å². The summed E-state index contributed by atoms with van der Waals surface area (Å²) in [5.74, 6) is 0.748. The van der Waals surface area contributed by atoms with E-state index in [-0.39, 0.29) is 5.78 Å². The second kappa shape index (κ2) is 6.31. The first kappa shape index (κ1) is 16.2. The number of carbonyl (C=O) groups is 1. The first-order chi connectivity index (χ1) is 9.89. The highest BCUT2D eigenvalue weighted by Crippen LogP contribution is 2.38. The van der Waals surface area contributed by atoms with Gasteiger partial charge in [-0.3, -0.25) is 4.79 Å². The van der Waals surface area contributed by atoms with E-state index in [0.717, 1.165) is 30.4 Å². The van der Waals surface area contributed by atoms with E-state index in [1.807, 2.05) is 19.9 Å². The number of ether oxygens (including phenoxy) is 1. The van der Waals surface area contributed by atoms with Gasteiger partial charge in [0.05, 0.1) is 0 Å². The molecule has 0 aliphatic heterocycles. The molecule has 1 aliphatic rings. The first-order valence-corrected chi connectivity index (χ1v) is 8.16. The second-order valence-electron chi connectivity index (χ2n) is 6.71. The van der Waals surface area contributed by atoms with Gasteiger partial charge >= 0.3 is 0 Å². The van der Waals surface area contributed by atoms with Crippen LogP contribution in [0.25, 0.3) is 0 Å². The minimum Gasteiger partial charge on any atom is -0.367 e. The molecule has 1 fully saturated rings. The van der Waals surface area contributed by atoms with Crippen molar-refractivity contribution in [3.63, 3.8) is 0 Å². The highest BCUT2D eigenvalue weighted by molar-refractivity contribution is 6.04. The molecule has 0 radical (unpaired) electrons. The number of benzene rings is 1. The van der Waals surface area contributed by atoms with E-state index in [9.17, 15) is 4.79 Å². The summed E-state index contributed by atoms with van der Waals surface area (Å²) >= 11 is 0. The summed E-state index contributed by atoms with van der Waals surface area (Å²) in [7, 11) is 0. The maximum absolute atomic E-state index is 13.2. The van der Waals surface area contributed by atoms with E-state index >= 15 is 0 Å². The lowest BCUT2D eigenvalue weighted by molar-refractivity contribution is -0.0512. The maximum Gasteiger partial charge on any atom is 0.194 e. The van der Waals surface area contributed by atoms with Crippen LogP contribution in [0.3, 0.4) is 0 Å². The summed E-state index contributed by atoms with van der Waals surface area (Å²) in [6.45, 7) is 11.0. The van der Waals surface area contributed by atoms with Crippen molar-refractivity contribution in [1.82, 2.24) is 0 Å². The Morgan fingerprint density at radius 3 is 2.52 bits per heavy atom. The number of carbonyl (C=O) groups excluding carboxylic acids is 1. The third-order valence-corrected chi connectivity index (χ3v) is 4.88. The summed E-state index contributed by atoms with van der Waals surface area (Å²) in [5.41, 5.74) is 3.74. The highest BCUT2D eigenvalue weighted by atomic mass is 16.5. The molecule has 0 amide bonds. The smallest absolute Gasteiger partial charge is 0.194 e. The normalized spacial score (nSPS) is 25.9. The van der Waals surface area contributed by atoms with Gasteiger partial charge in [-0.05, 0) is 75.6 Å². The summed E-state index contributed by atoms with van der Waals surface area (Å²) < 4.78 is 6.03. The molecule has 1 aliphatic carbocycles. The van der Waals surface area contributed by atoms with Gasteiger partial charge in [-0.2, -0.15) is 0 Å². The van der Waals surface area contributed by atoms with Crippen LogP contribution in [0.5, 0.6) is 0 Å². The first-order valence-electron chi connectivity index (χ1n) is 8.16. The predicted octanol–water partition coefficient (Wildman–Crippen LogP) is 4.78. The zero-order valence-electron chi connectivity index (χ0n) is 14.1. The van der Waals surface area contributed by atoms with Crippen molar-refractivity contribution in [3.05, 3.63) is 34.4 Å². The third-order valence-electron chi connectivity index (χ3n) is 4.88. The van der Waals surface area contributed by atoms with Crippen molar-refractivity contribution in [1.29, 1.82) is 0 Å². The molecule has 0 bridgehead atoms. The van der Waals surface area contributed by atoms with Crippen LogP contribution in [0, 0.1) is 26.7 Å². The third kappa shape index (κ3) is 3.21. The zero-order valence-corrected chi connectivity index (χ0v) is 14.1. The van der Waals surface area contributed by atoms with Gasteiger partial charge in [-0.15, -0.1) is 0 Å². The van der Waals surface area contributed by atoms with Gasteiger partial charge in [0, 0.05) is 12.2 Å². The van der Waals surface area contributed by atoms with Gasteiger partial charge in [-0.1, -0.05) is 19.4 Å². The molecule has 1 aromatic carbocycles. The van der Waals surface area contributed by atoms with Crippen molar-refractivity contribution in [2.75, 3.05) is 6.61 Å². The average Bonchev–Trinajstić information content (AvgIpc) is 2.42. The fourth-order valence-electron chi connectivity index (χ4n) is 3.63. The molecule has 0 aromatic heterocycles. The van der Waals surface area contributed by atoms with Crippen LogP contribution < -0.4 is 0 Å². The van der Waals surface area contributed by atoms with Crippen molar-refractivity contribution in [2.45, 2.75) is 65.9 Å². The lowest BCUT2D eigenvalue weighted by Gasteiger charge is -2.38. The van der Waals surface area contributed by atoms with Crippen LogP contribution in [0.15, 0.2) is 12.1 Å². The molecule has 1 aromatic rings. The van der Waals surface area contributed by atoms with E-state index in [1.165, 1.54) is 17.5 Å². The molecular formula is C19H28O2. The molecule has 2 heteroatoms. The largest absolute Gasteiger partial charge is 0.367 e. The number of hydrogen-bond donors (Lipinski definition) is 0. The number of ketones is 1. The fourth-order valence-corrected chi connectivity index (χ4v) is 3.63. The van der Waals surface area contributed by atoms with Crippen molar-refractivity contribution in [2.24, 2.45) is 5.92 Å². The number of hydrogen-bond acceptors (Lipinski definition) is 2. The highest BCUT2D eigenvalue weighted by Gasteiger charge is 2.43. The summed E-state index contributed by atoms with van der Waals surface area (Å²) in [6.07, 6.45) is 3.99. The molecule has 21 heavy (non-hydrogen) atoms. The molecule has 2 unspecified atom stereocenters. The fraction of sp³-hybridized carbons (Fsp3) is 0.632. The molecular weight excluding hydrogens is 260 g/mol. The van der Waals surface area contributed by atoms with Crippen LogP contribution >= 0.6 is 0 Å². The maximum atomic E-state index is 13.2. The Labute approximate surface area is 128 Å². The molecule has 0 saturated heterocycles. The Morgan fingerprint density at radius 2 is 1.90 bits per heavy atom. The quantitative estimate of drug-likeness (QED) is 0.745. The Balaban J connectivity index is 2.41. The molecule has 1 saturated carbocycles. The Hall–Kier alpha value is -1.15. The van der Waals surface area contributed by atoms with E-state index in [2.05, 4.69) is 26.8 Å². The van der Waals surface area contributed by atoms with Gasteiger partial charge < -0.3 is 4.74 Å². The minimum absolute atomic E-state index is 0.191. The van der Waals surface area contributed by atoms with Crippen LogP contribution in [-0.2, 0) is 4.74 Å².